The first-order valence-corrected chi connectivity index (χ1v) is 18.6. The number of carbonyl (C=O) groups is 1. The van der Waals surface area contributed by atoms with E-state index in [1.54, 1.807) is 0 Å². The summed E-state index contributed by atoms with van der Waals surface area (Å²) >= 11 is 0. The Bertz CT molecular complexity index is 639. The Hall–Kier alpha value is -1.39. The first-order valence-electron chi connectivity index (χ1n) is 18.6. The average Bonchev–Trinajstić information content (AvgIpc) is 3.01. The Labute approximate surface area is 268 Å². The second-order valence-electron chi connectivity index (χ2n) is 12.3. The maximum atomic E-state index is 12.0. The van der Waals surface area contributed by atoms with E-state index in [1.165, 1.54) is 128 Å². The Morgan fingerprint density at radius 2 is 0.977 bits per heavy atom. The van der Waals surface area contributed by atoms with Crippen molar-refractivity contribution in [2.75, 3.05) is 19.8 Å². The van der Waals surface area contributed by atoms with Crippen molar-refractivity contribution in [3.8, 4) is 0 Å². The molecule has 1 unspecified atom stereocenters. The number of hydrogen-bond donors (Lipinski definition) is 1. The van der Waals surface area contributed by atoms with Crippen LogP contribution in [-0.4, -0.2) is 37.0 Å². The molecule has 0 spiro atoms. The van der Waals surface area contributed by atoms with E-state index < -0.39 is 6.10 Å². The molecule has 0 bridgehead atoms. The minimum absolute atomic E-state index is 0.173. The predicted octanol–water partition coefficient (Wildman–Crippen LogP) is 11.8. The minimum atomic E-state index is -0.531. The quantitative estimate of drug-likeness (QED) is 0.0451. The van der Waals surface area contributed by atoms with Gasteiger partial charge in [0.15, 0.2) is 0 Å². The number of hydrogen-bond acceptors (Lipinski definition) is 4. The van der Waals surface area contributed by atoms with Crippen LogP contribution >= 0.6 is 0 Å². The summed E-state index contributed by atoms with van der Waals surface area (Å²) < 4.78 is 11.0. The Morgan fingerprint density at radius 3 is 1.47 bits per heavy atom. The van der Waals surface area contributed by atoms with Crippen LogP contribution in [0.1, 0.15) is 181 Å². The van der Waals surface area contributed by atoms with Crippen molar-refractivity contribution in [2.45, 2.75) is 187 Å². The Morgan fingerprint density at radius 1 is 0.558 bits per heavy atom. The second-order valence-corrected chi connectivity index (χ2v) is 12.3. The molecule has 0 aliphatic carbocycles. The molecule has 4 heteroatoms. The van der Waals surface area contributed by atoms with Gasteiger partial charge in [-0.1, -0.05) is 159 Å². The fourth-order valence-electron chi connectivity index (χ4n) is 5.16. The number of carbonyl (C=O) groups excluding carboxylic acids is 1. The number of rotatable bonds is 34. The van der Waals surface area contributed by atoms with E-state index in [0.29, 0.717) is 19.6 Å². The summed E-state index contributed by atoms with van der Waals surface area (Å²) in [6, 6.07) is 0. The molecule has 0 saturated heterocycles. The molecule has 0 amide bonds. The molecule has 0 aliphatic rings. The summed E-state index contributed by atoms with van der Waals surface area (Å²) in [5.41, 5.74) is 0. The summed E-state index contributed by atoms with van der Waals surface area (Å²) in [6.07, 6.45) is 44.9. The van der Waals surface area contributed by atoms with Crippen molar-refractivity contribution in [1.29, 1.82) is 0 Å². The molecular formula is C39H72O4. The number of esters is 1. The Kier molecular flexibility index (Phi) is 35.6. The lowest BCUT2D eigenvalue weighted by atomic mass is 10.1. The van der Waals surface area contributed by atoms with Gasteiger partial charge < -0.3 is 14.6 Å². The van der Waals surface area contributed by atoms with Gasteiger partial charge in [0.05, 0.1) is 13.2 Å². The highest BCUT2D eigenvalue weighted by atomic mass is 16.6. The summed E-state index contributed by atoms with van der Waals surface area (Å²) in [6.45, 7) is 5.28. The van der Waals surface area contributed by atoms with Gasteiger partial charge in [-0.2, -0.15) is 0 Å². The first-order chi connectivity index (χ1) is 21.2. The lowest BCUT2D eigenvalue weighted by Gasteiger charge is -2.15. The van der Waals surface area contributed by atoms with Crippen LogP contribution in [0.4, 0.5) is 0 Å². The fraction of sp³-hybridized carbons (Fsp3) is 0.821. The van der Waals surface area contributed by atoms with Crippen LogP contribution in [-0.2, 0) is 14.3 Å². The highest BCUT2D eigenvalue weighted by Gasteiger charge is 2.13. The van der Waals surface area contributed by atoms with E-state index >= 15 is 0 Å². The Balaban J connectivity index is 3.41. The standard InChI is InChI=1S/C39H72O4/c1-3-5-7-9-11-12-13-14-15-16-17-18-19-20-21-22-23-24-25-26-27-29-31-33-35-42-37-38(36-40)43-39(41)34-32-30-28-10-8-6-4-2/h13-14,16-17,19-20,38,40H,3-12,15,18,21-37H2,1-2H3/b14-13-,17-16-,20-19-. The van der Waals surface area contributed by atoms with Gasteiger partial charge in [0.1, 0.15) is 6.10 Å². The van der Waals surface area contributed by atoms with Gasteiger partial charge in [-0.25, -0.2) is 0 Å². The predicted molar refractivity (Wildman–Crippen MR) is 187 cm³/mol. The van der Waals surface area contributed by atoms with Crippen molar-refractivity contribution < 1.29 is 19.4 Å². The zero-order valence-electron chi connectivity index (χ0n) is 28.7. The molecule has 0 rings (SSSR count). The highest BCUT2D eigenvalue weighted by molar-refractivity contribution is 5.69. The number of aliphatic hydroxyl groups is 1. The first kappa shape index (κ1) is 41.6. The molecule has 0 saturated carbocycles. The van der Waals surface area contributed by atoms with E-state index in [2.05, 4.69) is 50.3 Å². The molecule has 252 valence electrons. The van der Waals surface area contributed by atoms with Gasteiger partial charge in [0.2, 0.25) is 0 Å². The molecule has 0 aromatic rings. The van der Waals surface area contributed by atoms with Crippen LogP contribution in [0.15, 0.2) is 36.5 Å². The number of unbranched alkanes of at least 4 members (excludes halogenated alkanes) is 20. The van der Waals surface area contributed by atoms with Crippen molar-refractivity contribution in [1.82, 2.24) is 0 Å². The van der Waals surface area contributed by atoms with Crippen LogP contribution in [0.5, 0.6) is 0 Å². The number of aliphatic hydroxyl groups excluding tert-OH is 1. The van der Waals surface area contributed by atoms with E-state index in [0.717, 1.165) is 32.1 Å². The summed E-state index contributed by atoms with van der Waals surface area (Å²) in [5, 5.41) is 9.49. The van der Waals surface area contributed by atoms with Crippen LogP contribution in [0.2, 0.25) is 0 Å². The zero-order valence-corrected chi connectivity index (χ0v) is 28.7. The second kappa shape index (κ2) is 36.8. The molecule has 43 heavy (non-hydrogen) atoms. The molecule has 1 N–H and O–H groups in total. The summed E-state index contributed by atoms with van der Waals surface area (Å²) in [5.74, 6) is -0.210. The van der Waals surface area contributed by atoms with Crippen molar-refractivity contribution in [2.24, 2.45) is 0 Å². The van der Waals surface area contributed by atoms with E-state index in [-0.39, 0.29) is 12.6 Å². The van der Waals surface area contributed by atoms with Crippen LogP contribution < -0.4 is 0 Å². The van der Waals surface area contributed by atoms with E-state index in [4.69, 9.17) is 9.47 Å². The maximum absolute atomic E-state index is 12.0. The van der Waals surface area contributed by atoms with Crippen molar-refractivity contribution in [3.63, 3.8) is 0 Å². The summed E-state index contributed by atoms with van der Waals surface area (Å²) in [7, 11) is 0. The van der Waals surface area contributed by atoms with E-state index in [9.17, 15) is 9.90 Å². The van der Waals surface area contributed by atoms with Crippen LogP contribution in [0.3, 0.4) is 0 Å². The third kappa shape index (κ3) is 35.0. The molecule has 0 aromatic heterocycles. The van der Waals surface area contributed by atoms with Gasteiger partial charge in [0, 0.05) is 13.0 Å². The number of allylic oxidation sites excluding steroid dienone is 6. The SMILES string of the molecule is CCCCCCC/C=C\C/C=C\C/C=C\CCCCCCCCCCCOCC(CO)OC(=O)CCCCCCCCC. The molecule has 4 nitrogen and oxygen atoms in total. The third-order valence-electron chi connectivity index (χ3n) is 7.97. The van der Waals surface area contributed by atoms with Crippen LogP contribution in [0.25, 0.3) is 0 Å². The van der Waals surface area contributed by atoms with Gasteiger partial charge in [-0.15, -0.1) is 0 Å². The minimum Gasteiger partial charge on any atom is -0.457 e. The normalized spacial score (nSPS) is 12.7. The smallest absolute Gasteiger partial charge is 0.306 e. The zero-order chi connectivity index (χ0) is 31.3. The van der Waals surface area contributed by atoms with Gasteiger partial charge in [-0.3, -0.25) is 4.79 Å². The lowest BCUT2D eigenvalue weighted by molar-refractivity contribution is -0.154. The molecule has 1 atom stereocenters. The average molecular weight is 605 g/mol. The largest absolute Gasteiger partial charge is 0.457 e. The third-order valence-corrected chi connectivity index (χ3v) is 7.97. The maximum Gasteiger partial charge on any atom is 0.306 e. The van der Waals surface area contributed by atoms with Gasteiger partial charge >= 0.3 is 5.97 Å². The van der Waals surface area contributed by atoms with Crippen LogP contribution in [0, 0.1) is 0 Å². The van der Waals surface area contributed by atoms with Gasteiger partial charge in [0.25, 0.3) is 0 Å². The van der Waals surface area contributed by atoms with Crippen molar-refractivity contribution in [3.05, 3.63) is 36.5 Å². The molecule has 0 radical (unpaired) electrons. The molecular weight excluding hydrogens is 532 g/mol. The molecule has 0 aromatic carbocycles. The number of ether oxygens (including phenoxy) is 2. The summed E-state index contributed by atoms with van der Waals surface area (Å²) in [4.78, 5) is 12.0. The van der Waals surface area contributed by atoms with E-state index in [1.807, 2.05) is 0 Å². The van der Waals surface area contributed by atoms with Gasteiger partial charge in [-0.05, 0) is 51.4 Å². The lowest BCUT2D eigenvalue weighted by Crippen LogP contribution is -2.27. The monoisotopic (exact) mass is 605 g/mol. The topological polar surface area (TPSA) is 55.8 Å². The molecule has 0 heterocycles. The highest BCUT2D eigenvalue weighted by Crippen LogP contribution is 2.12. The molecule has 0 aliphatic heterocycles. The van der Waals surface area contributed by atoms with Crippen molar-refractivity contribution >= 4 is 5.97 Å². The molecule has 0 fully saturated rings. The fourth-order valence-corrected chi connectivity index (χ4v) is 5.16.